The first-order valence-electron chi connectivity index (χ1n) is 5.67. The van der Waals surface area contributed by atoms with Crippen LogP contribution >= 0.6 is 0 Å². The Hall–Kier alpha value is -0.860. The van der Waals surface area contributed by atoms with Gasteiger partial charge in [-0.2, -0.15) is 0 Å². The monoisotopic (exact) mass is 212 g/mol. The van der Waals surface area contributed by atoms with Crippen LogP contribution in [0.4, 0.5) is 0 Å². The Bertz CT molecular complexity index is 235. The number of carbonyl (C=O) groups is 2. The molecule has 0 aromatic rings. The second kappa shape index (κ2) is 5.29. The highest BCUT2D eigenvalue weighted by molar-refractivity contribution is 5.84. The van der Waals surface area contributed by atoms with Gasteiger partial charge in [0.15, 0.2) is 0 Å². The second-order valence-electron chi connectivity index (χ2n) is 4.84. The number of ketones is 1. The number of hydrogen-bond donors (Lipinski definition) is 0. The normalized spacial score (nSPS) is 31.7. The Morgan fingerprint density at radius 1 is 1.47 bits per heavy atom. The first-order chi connectivity index (χ1) is 7.07. The van der Waals surface area contributed by atoms with Crippen LogP contribution in [-0.2, 0) is 14.3 Å². The molecule has 0 amide bonds. The van der Waals surface area contributed by atoms with E-state index in [1.54, 1.807) is 0 Å². The van der Waals surface area contributed by atoms with Crippen molar-refractivity contribution in [1.82, 2.24) is 0 Å². The van der Waals surface area contributed by atoms with Gasteiger partial charge in [0.1, 0.15) is 12.4 Å². The Labute approximate surface area is 91.2 Å². The number of rotatable bonds is 4. The number of carbonyl (C=O) groups excluding carboxylic acids is 2. The van der Waals surface area contributed by atoms with E-state index in [0.717, 1.165) is 12.8 Å². The van der Waals surface area contributed by atoms with E-state index in [1.807, 2.05) is 0 Å². The molecule has 1 fully saturated rings. The van der Waals surface area contributed by atoms with Gasteiger partial charge in [-0.25, -0.2) is 0 Å². The summed E-state index contributed by atoms with van der Waals surface area (Å²) in [4.78, 5) is 22.2. The summed E-state index contributed by atoms with van der Waals surface area (Å²) < 4.78 is 4.74. The zero-order chi connectivity index (χ0) is 11.4. The molecule has 3 heteroatoms. The van der Waals surface area contributed by atoms with Crippen LogP contribution in [0.2, 0.25) is 0 Å². The van der Waals surface area contributed by atoms with E-state index in [0.29, 0.717) is 18.3 Å². The van der Waals surface area contributed by atoms with E-state index in [-0.39, 0.29) is 24.2 Å². The zero-order valence-corrected chi connectivity index (χ0v) is 9.73. The Morgan fingerprint density at radius 2 is 2.13 bits per heavy atom. The molecule has 0 aromatic carbocycles. The third kappa shape index (κ3) is 2.80. The molecule has 0 N–H and O–H groups in total. The van der Waals surface area contributed by atoms with Gasteiger partial charge in [0.2, 0.25) is 0 Å². The molecule has 1 aliphatic carbocycles. The minimum Gasteiger partial charge on any atom is -0.467 e. The molecule has 0 heterocycles. The summed E-state index contributed by atoms with van der Waals surface area (Å²) in [6.07, 6.45) is 2.04. The van der Waals surface area contributed by atoms with Gasteiger partial charge in [0.25, 0.3) is 6.47 Å². The minimum atomic E-state index is -0.0867. The lowest BCUT2D eigenvalue weighted by Crippen LogP contribution is -2.38. The van der Waals surface area contributed by atoms with Crippen molar-refractivity contribution >= 4 is 12.3 Å². The Balaban J connectivity index is 2.65. The van der Waals surface area contributed by atoms with Crippen molar-refractivity contribution in [3.05, 3.63) is 0 Å². The third-order valence-electron chi connectivity index (χ3n) is 3.50. The number of hydrogen-bond acceptors (Lipinski definition) is 3. The van der Waals surface area contributed by atoms with Crippen molar-refractivity contribution in [2.24, 2.45) is 23.7 Å². The lowest BCUT2D eigenvalue weighted by atomic mass is 9.70. The summed E-state index contributed by atoms with van der Waals surface area (Å²) in [6, 6.07) is 0. The first kappa shape index (κ1) is 12.2. The third-order valence-corrected chi connectivity index (χ3v) is 3.50. The molecule has 1 rings (SSSR count). The molecule has 1 aliphatic rings. The average molecular weight is 212 g/mol. The highest BCUT2D eigenvalue weighted by Crippen LogP contribution is 2.34. The van der Waals surface area contributed by atoms with Crippen LogP contribution in [0.15, 0.2) is 0 Å². The van der Waals surface area contributed by atoms with Gasteiger partial charge >= 0.3 is 0 Å². The maximum Gasteiger partial charge on any atom is 0.293 e. The summed E-state index contributed by atoms with van der Waals surface area (Å²) >= 11 is 0. The van der Waals surface area contributed by atoms with E-state index in [2.05, 4.69) is 20.8 Å². The van der Waals surface area contributed by atoms with Crippen molar-refractivity contribution in [2.75, 3.05) is 6.61 Å². The van der Waals surface area contributed by atoms with Crippen LogP contribution in [0.5, 0.6) is 0 Å². The molecule has 0 spiro atoms. The van der Waals surface area contributed by atoms with Crippen molar-refractivity contribution in [2.45, 2.75) is 33.6 Å². The van der Waals surface area contributed by atoms with Crippen LogP contribution in [0.25, 0.3) is 0 Å². The maximum atomic E-state index is 12.1. The standard InChI is InChI=1S/C12H20O3/c1-8(2)10-5-4-9(3)11(12(10)14)6-15-7-13/h7-11H,4-6H2,1-3H3/t9-,10+,11+/m1/s1. The lowest BCUT2D eigenvalue weighted by Gasteiger charge is -2.34. The molecule has 0 aromatic heterocycles. The molecular weight excluding hydrogens is 192 g/mol. The summed E-state index contributed by atoms with van der Waals surface area (Å²) in [5.74, 6) is 1.08. The van der Waals surface area contributed by atoms with E-state index in [1.165, 1.54) is 0 Å². The zero-order valence-electron chi connectivity index (χ0n) is 9.73. The fraction of sp³-hybridized carbons (Fsp3) is 0.833. The first-order valence-corrected chi connectivity index (χ1v) is 5.67. The molecule has 0 bridgehead atoms. The van der Waals surface area contributed by atoms with Gasteiger partial charge in [0, 0.05) is 5.92 Å². The van der Waals surface area contributed by atoms with Crippen LogP contribution in [0.1, 0.15) is 33.6 Å². The quantitative estimate of drug-likeness (QED) is 0.670. The Morgan fingerprint density at radius 3 is 2.67 bits per heavy atom. The number of ether oxygens (including phenoxy) is 1. The van der Waals surface area contributed by atoms with Crippen LogP contribution in [0, 0.1) is 23.7 Å². The van der Waals surface area contributed by atoms with Gasteiger partial charge in [-0.15, -0.1) is 0 Å². The van der Waals surface area contributed by atoms with Crippen LogP contribution in [-0.4, -0.2) is 18.9 Å². The predicted octanol–water partition coefficient (Wildman–Crippen LogP) is 2.05. The van der Waals surface area contributed by atoms with Crippen molar-refractivity contribution in [3.8, 4) is 0 Å². The summed E-state index contributed by atoms with van der Waals surface area (Å²) in [5, 5.41) is 0. The van der Waals surface area contributed by atoms with Gasteiger partial charge in [-0.05, 0) is 24.7 Å². The topological polar surface area (TPSA) is 43.4 Å². The summed E-state index contributed by atoms with van der Waals surface area (Å²) in [7, 11) is 0. The predicted molar refractivity (Wildman–Crippen MR) is 57.2 cm³/mol. The van der Waals surface area contributed by atoms with E-state index < -0.39 is 0 Å². The van der Waals surface area contributed by atoms with E-state index in [4.69, 9.17) is 4.74 Å². The lowest BCUT2D eigenvalue weighted by molar-refractivity contribution is -0.139. The fourth-order valence-corrected chi connectivity index (χ4v) is 2.39. The van der Waals surface area contributed by atoms with Gasteiger partial charge in [0.05, 0.1) is 5.92 Å². The van der Waals surface area contributed by atoms with Gasteiger partial charge in [-0.1, -0.05) is 20.8 Å². The van der Waals surface area contributed by atoms with Crippen molar-refractivity contribution < 1.29 is 14.3 Å². The van der Waals surface area contributed by atoms with Crippen molar-refractivity contribution in [3.63, 3.8) is 0 Å². The maximum absolute atomic E-state index is 12.1. The van der Waals surface area contributed by atoms with Gasteiger partial charge < -0.3 is 4.74 Å². The molecular formula is C12H20O3. The second-order valence-corrected chi connectivity index (χ2v) is 4.84. The molecule has 0 unspecified atom stereocenters. The van der Waals surface area contributed by atoms with Crippen molar-refractivity contribution in [1.29, 1.82) is 0 Å². The smallest absolute Gasteiger partial charge is 0.293 e. The molecule has 3 nitrogen and oxygen atoms in total. The molecule has 0 saturated heterocycles. The van der Waals surface area contributed by atoms with Crippen LogP contribution in [0.3, 0.4) is 0 Å². The molecule has 15 heavy (non-hydrogen) atoms. The molecule has 1 saturated carbocycles. The molecule has 0 radical (unpaired) electrons. The van der Waals surface area contributed by atoms with E-state index >= 15 is 0 Å². The SMILES string of the molecule is CC(C)[C@@H]1CC[C@@H](C)[C@H](COC=O)C1=O. The van der Waals surface area contributed by atoms with E-state index in [9.17, 15) is 9.59 Å². The molecule has 0 aliphatic heterocycles. The molecule has 3 atom stereocenters. The highest BCUT2D eigenvalue weighted by Gasteiger charge is 2.37. The van der Waals surface area contributed by atoms with Crippen LogP contribution < -0.4 is 0 Å². The average Bonchev–Trinajstić information content (AvgIpc) is 2.17. The largest absolute Gasteiger partial charge is 0.467 e. The Kier molecular flexibility index (Phi) is 4.30. The molecule has 86 valence electrons. The minimum absolute atomic E-state index is 0.0867. The number of Topliss-reactive ketones (excluding diaryl/α,β-unsaturated/α-hetero) is 1. The summed E-state index contributed by atoms with van der Waals surface area (Å²) in [6.45, 7) is 6.91. The van der Waals surface area contributed by atoms with Gasteiger partial charge in [-0.3, -0.25) is 9.59 Å². The highest BCUT2D eigenvalue weighted by atomic mass is 16.5. The fourth-order valence-electron chi connectivity index (χ4n) is 2.39. The summed E-state index contributed by atoms with van der Waals surface area (Å²) in [5.41, 5.74) is 0.